The maximum atomic E-state index is 12.0. The number of phenolic OH excluding ortho intramolecular Hbond substituents is 1. The molecule has 5 heteroatoms. The standard InChI is InChI=1S/C13H15Cl2NO2/c14-11-9(6-7-10(17)12(11)15)16-13(18)8-4-2-1-3-5-8/h6-8,17H,1-5H2,(H,16,18). The van der Waals surface area contributed by atoms with Gasteiger partial charge in [-0.05, 0) is 25.0 Å². The van der Waals surface area contributed by atoms with E-state index in [2.05, 4.69) is 5.32 Å². The van der Waals surface area contributed by atoms with Crippen LogP contribution in [0.1, 0.15) is 32.1 Å². The van der Waals surface area contributed by atoms with Gasteiger partial charge in [-0.3, -0.25) is 4.79 Å². The Morgan fingerprint density at radius 3 is 2.50 bits per heavy atom. The van der Waals surface area contributed by atoms with Crippen LogP contribution < -0.4 is 5.32 Å². The summed E-state index contributed by atoms with van der Waals surface area (Å²) in [7, 11) is 0. The van der Waals surface area contributed by atoms with Crippen LogP contribution in [0, 0.1) is 5.92 Å². The summed E-state index contributed by atoms with van der Waals surface area (Å²) in [5.41, 5.74) is 0.454. The van der Waals surface area contributed by atoms with Gasteiger partial charge in [0.25, 0.3) is 0 Å². The summed E-state index contributed by atoms with van der Waals surface area (Å²) in [6.07, 6.45) is 5.25. The first-order chi connectivity index (χ1) is 8.59. The summed E-state index contributed by atoms with van der Waals surface area (Å²) >= 11 is 11.8. The van der Waals surface area contributed by atoms with E-state index in [1.54, 1.807) is 6.07 Å². The second-order valence-electron chi connectivity index (χ2n) is 4.58. The smallest absolute Gasteiger partial charge is 0.227 e. The molecule has 1 saturated carbocycles. The fourth-order valence-electron chi connectivity index (χ4n) is 2.24. The maximum absolute atomic E-state index is 12.0. The largest absolute Gasteiger partial charge is 0.506 e. The van der Waals surface area contributed by atoms with Crippen molar-refractivity contribution >= 4 is 34.8 Å². The lowest BCUT2D eigenvalue weighted by atomic mass is 9.88. The van der Waals surface area contributed by atoms with E-state index in [1.807, 2.05) is 0 Å². The number of phenols is 1. The highest BCUT2D eigenvalue weighted by Crippen LogP contribution is 2.37. The van der Waals surface area contributed by atoms with Gasteiger partial charge in [-0.1, -0.05) is 42.5 Å². The van der Waals surface area contributed by atoms with Crippen molar-refractivity contribution in [1.29, 1.82) is 0 Å². The summed E-state index contributed by atoms with van der Waals surface area (Å²) in [5, 5.41) is 12.4. The molecule has 18 heavy (non-hydrogen) atoms. The van der Waals surface area contributed by atoms with Gasteiger partial charge < -0.3 is 10.4 Å². The fraction of sp³-hybridized carbons (Fsp3) is 0.462. The van der Waals surface area contributed by atoms with Crippen LogP contribution in [0.3, 0.4) is 0 Å². The predicted molar refractivity (Wildman–Crippen MR) is 73.3 cm³/mol. The molecule has 2 N–H and O–H groups in total. The number of hydrogen-bond donors (Lipinski definition) is 2. The number of carbonyl (C=O) groups is 1. The van der Waals surface area contributed by atoms with Crippen molar-refractivity contribution in [2.24, 2.45) is 5.92 Å². The Morgan fingerprint density at radius 2 is 1.83 bits per heavy atom. The molecule has 0 aliphatic heterocycles. The van der Waals surface area contributed by atoms with Crippen molar-refractivity contribution < 1.29 is 9.90 Å². The zero-order valence-electron chi connectivity index (χ0n) is 9.88. The molecule has 0 aromatic heterocycles. The molecule has 0 saturated heterocycles. The van der Waals surface area contributed by atoms with E-state index in [0.29, 0.717) is 5.69 Å². The third kappa shape index (κ3) is 2.90. The number of amides is 1. The van der Waals surface area contributed by atoms with Gasteiger partial charge in [-0.15, -0.1) is 0 Å². The molecular weight excluding hydrogens is 273 g/mol. The Labute approximate surface area is 116 Å². The third-order valence-electron chi connectivity index (χ3n) is 3.30. The van der Waals surface area contributed by atoms with Crippen LogP contribution >= 0.6 is 23.2 Å². The van der Waals surface area contributed by atoms with Crippen LogP contribution in [-0.2, 0) is 4.79 Å². The number of aromatic hydroxyl groups is 1. The topological polar surface area (TPSA) is 49.3 Å². The van der Waals surface area contributed by atoms with Gasteiger partial charge in [0.1, 0.15) is 10.8 Å². The highest BCUT2D eigenvalue weighted by atomic mass is 35.5. The summed E-state index contributed by atoms with van der Waals surface area (Å²) < 4.78 is 0. The second kappa shape index (κ2) is 5.81. The molecule has 1 aromatic rings. The molecule has 0 radical (unpaired) electrons. The van der Waals surface area contributed by atoms with Crippen molar-refractivity contribution in [3.05, 3.63) is 22.2 Å². The Balaban J connectivity index is 2.09. The molecule has 1 amide bonds. The van der Waals surface area contributed by atoms with E-state index < -0.39 is 0 Å². The fourth-order valence-corrected chi connectivity index (χ4v) is 2.61. The highest BCUT2D eigenvalue weighted by molar-refractivity contribution is 6.44. The zero-order chi connectivity index (χ0) is 13.1. The number of hydrogen-bond acceptors (Lipinski definition) is 2. The molecule has 1 aliphatic carbocycles. The van der Waals surface area contributed by atoms with Crippen LogP contribution in [0.2, 0.25) is 10.0 Å². The van der Waals surface area contributed by atoms with E-state index in [0.717, 1.165) is 25.7 Å². The zero-order valence-corrected chi connectivity index (χ0v) is 11.4. The molecule has 2 rings (SSSR count). The van der Waals surface area contributed by atoms with Crippen molar-refractivity contribution in [3.8, 4) is 5.75 Å². The quantitative estimate of drug-likeness (QED) is 0.800. The van der Waals surface area contributed by atoms with Crippen molar-refractivity contribution in [2.75, 3.05) is 5.32 Å². The molecule has 0 heterocycles. The van der Waals surface area contributed by atoms with Gasteiger partial charge in [0.05, 0.1) is 10.7 Å². The molecule has 0 unspecified atom stereocenters. The van der Waals surface area contributed by atoms with Gasteiger partial charge >= 0.3 is 0 Å². The average Bonchev–Trinajstić information content (AvgIpc) is 2.40. The maximum Gasteiger partial charge on any atom is 0.227 e. The third-order valence-corrected chi connectivity index (χ3v) is 4.17. The van der Waals surface area contributed by atoms with Crippen LogP contribution in [0.4, 0.5) is 5.69 Å². The summed E-state index contributed by atoms with van der Waals surface area (Å²) in [6.45, 7) is 0. The second-order valence-corrected chi connectivity index (χ2v) is 5.34. The molecule has 3 nitrogen and oxygen atoms in total. The number of carbonyl (C=O) groups excluding carboxylic acids is 1. The molecule has 0 bridgehead atoms. The van der Waals surface area contributed by atoms with Crippen LogP contribution in [0.5, 0.6) is 5.75 Å². The SMILES string of the molecule is O=C(Nc1ccc(O)c(Cl)c1Cl)C1CCCCC1. The van der Waals surface area contributed by atoms with E-state index in [9.17, 15) is 9.90 Å². The molecule has 1 aliphatic rings. The van der Waals surface area contributed by atoms with Gasteiger partial charge in [-0.2, -0.15) is 0 Å². The highest BCUT2D eigenvalue weighted by Gasteiger charge is 2.22. The molecule has 0 atom stereocenters. The Morgan fingerprint density at radius 1 is 1.17 bits per heavy atom. The lowest BCUT2D eigenvalue weighted by Gasteiger charge is -2.21. The monoisotopic (exact) mass is 287 g/mol. The normalized spacial score (nSPS) is 16.6. The van der Waals surface area contributed by atoms with Gasteiger partial charge in [0, 0.05) is 5.92 Å². The van der Waals surface area contributed by atoms with Gasteiger partial charge in [0.15, 0.2) is 0 Å². The lowest BCUT2D eigenvalue weighted by Crippen LogP contribution is -2.24. The average molecular weight is 288 g/mol. The molecule has 98 valence electrons. The van der Waals surface area contributed by atoms with E-state index in [4.69, 9.17) is 23.2 Å². The first kappa shape index (κ1) is 13.5. The van der Waals surface area contributed by atoms with Crippen molar-refractivity contribution in [2.45, 2.75) is 32.1 Å². The Kier molecular flexibility index (Phi) is 4.36. The number of anilines is 1. The molecule has 1 aromatic carbocycles. The number of halogens is 2. The van der Waals surface area contributed by atoms with E-state index >= 15 is 0 Å². The van der Waals surface area contributed by atoms with Crippen LogP contribution in [0.15, 0.2) is 12.1 Å². The first-order valence-corrected chi connectivity index (χ1v) is 6.83. The van der Waals surface area contributed by atoms with Crippen LogP contribution in [0.25, 0.3) is 0 Å². The molecule has 0 spiro atoms. The summed E-state index contributed by atoms with van der Waals surface area (Å²) in [6, 6.07) is 2.98. The number of nitrogens with one attached hydrogen (secondary N) is 1. The van der Waals surface area contributed by atoms with Crippen molar-refractivity contribution in [1.82, 2.24) is 0 Å². The minimum Gasteiger partial charge on any atom is -0.506 e. The predicted octanol–water partition coefficient (Wildman–Crippen LogP) is 4.22. The Bertz CT molecular complexity index is 457. The van der Waals surface area contributed by atoms with E-state index in [-0.39, 0.29) is 27.6 Å². The number of rotatable bonds is 2. The summed E-state index contributed by atoms with van der Waals surface area (Å²) in [5.74, 6) is -0.0434. The van der Waals surface area contributed by atoms with Gasteiger partial charge in [-0.25, -0.2) is 0 Å². The van der Waals surface area contributed by atoms with Crippen LogP contribution in [-0.4, -0.2) is 11.0 Å². The molecular formula is C13H15Cl2NO2. The summed E-state index contributed by atoms with van der Waals surface area (Å²) in [4.78, 5) is 12.0. The van der Waals surface area contributed by atoms with Gasteiger partial charge in [0.2, 0.25) is 5.91 Å². The first-order valence-electron chi connectivity index (χ1n) is 6.07. The number of benzene rings is 1. The lowest BCUT2D eigenvalue weighted by molar-refractivity contribution is -0.120. The molecule has 1 fully saturated rings. The van der Waals surface area contributed by atoms with E-state index in [1.165, 1.54) is 12.5 Å². The minimum atomic E-state index is -0.0858. The minimum absolute atomic E-state index is 0.0154. The van der Waals surface area contributed by atoms with Crippen molar-refractivity contribution in [3.63, 3.8) is 0 Å². The Hall–Kier alpha value is -0.930.